The summed E-state index contributed by atoms with van der Waals surface area (Å²) in [5.74, 6) is -1.97. The average molecular weight is 517 g/mol. The highest BCUT2D eigenvalue weighted by molar-refractivity contribution is 8.45. The number of hydrogen-bond acceptors (Lipinski definition) is 5. The van der Waals surface area contributed by atoms with Gasteiger partial charge in [0.25, 0.3) is 5.91 Å². The molecule has 1 aliphatic heterocycles. The van der Waals surface area contributed by atoms with E-state index in [1.54, 1.807) is 7.05 Å². The van der Waals surface area contributed by atoms with Crippen LogP contribution in [0.4, 0.5) is 29.6 Å². The number of likely N-dealkylation sites (N-methyl/N-ethyl adjacent to an activating group) is 1. The van der Waals surface area contributed by atoms with Gasteiger partial charge in [0.15, 0.2) is 0 Å². The summed E-state index contributed by atoms with van der Waals surface area (Å²) in [6, 6.07) is 2.74. The number of aryl methyl sites for hydroxylation is 1. The molecule has 0 aliphatic carbocycles. The van der Waals surface area contributed by atoms with Gasteiger partial charge in [-0.05, 0) is 12.1 Å². The van der Waals surface area contributed by atoms with Gasteiger partial charge in [-0.1, -0.05) is 25.5 Å². The van der Waals surface area contributed by atoms with Crippen LogP contribution in [0.15, 0.2) is 41.4 Å². The van der Waals surface area contributed by atoms with E-state index in [9.17, 15) is 28.6 Å². The Kier molecular flexibility index (Phi) is 4.29. The van der Waals surface area contributed by atoms with Gasteiger partial charge in [-0.3, -0.25) is 9.48 Å². The molecule has 1 amide bonds. The quantitative estimate of drug-likeness (QED) is 0.352. The number of hydrogen-bond donors (Lipinski definition) is 1. The fourth-order valence-electron chi connectivity index (χ4n) is 4.21. The summed E-state index contributed by atoms with van der Waals surface area (Å²) in [4.78, 5) is 16.4. The molecule has 14 heteroatoms. The molecule has 186 valence electrons. The van der Waals surface area contributed by atoms with Crippen LogP contribution in [-0.2, 0) is 7.05 Å². The maximum absolute atomic E-state index is 15.0. The smallest absolute Gasteiger partial charge is 0.310 e. The highest BCUT2D eigenvalue weighted by atomic mass is 32.5. The maximum atomic E-state index is 15.0. The van der Waals surface area contributed by atoms with Gasteiger partial charge in [-0.2, -0.15) is 5.10 Å². The second-order valence-corrected chi connectivity index (χ2v) is 10.7. The van der Waals surface area contributed by atoms with Gasteiger partial charge in [0, 0.05) is 37.2 Å². The summed E-state index contributed by atoms with van der Waals surface area (Å²) in [6.45, 7) is -0.291. The minimum absolute atomic E-state index is 0.0936. The third kappa shape index (κ3) is 3.68. The van der Waals surface area contributed by atoms with Crippen LogP contribution in [-0.4, -0.2) is 39.2 Å². The van der Waals surface area contributed by atoms with Gasteiger partial charge >= 0.3 is 10.2 Å². The number of fused-ring (bicyclic) bond motifs is 4. The Hall–Kier alpha value is -3.68. The maximum Gasteiger partial charge on any atom is 0.310 e. The zero-order valence-electron chi connectivity index (χ0n) is 18.1. The van der Waals surface area contributed by atoms with Crippen LogP contribution in [0.25, 0.3) is 21.8 Å². The minimum Gasteiger partial charge on any atom is -0.491 e. The second-order valence-electron chi connectivity index (χ2n) is 8.29. The van der Waals surface area contributed by atoms with Crippen molar-refractivity contribution in [1.29, 1.82) is 0 Å². The van der Waals surface area contributed by atoms with E-state index in [-0.39, 0.29) is 41.2 Å². The summed E-state index contributed by atoms with van der Waals surface area (Å²) in [5, 5.41) is 5.04. The van der Waals surface area contributed by atoms with Gasteiger partial charge in [-0.15, -0.1) is 0 Å². The highest BCUT2D eigenvalue weighted by Crippen LogP contribution is 3.02. The van der Waals surface area contributed by atoms with E-state index < -0.39 is 38.6 Å². The fraction of sp³-hybridized carbons (Fsp3) is 0.190. The molecule has 5 rings (SSSR count). The van der Waals surface area contributed by atoms with E-state index in [1.807, 2.05) is 0 Å². The van der Waals surface area contributed by atoms with Crippen LogP contribution in [0.3, 0.4) is 0 Å². The number of carbonyl (C=O) groups excluding carboxylic acids is 1. The number of rotatable bonds is 3. The Morgan fingerprint density at radius 3 is 2.57 bits per heavy atom. The molecule has 4 aromatic rings. The Labute approximate surface area is 193 Å². The Balaban J connectivity index is 1.54. The Morgan fingerprint density at radius 1 is 1.17 bits per heavy atom. The number of aromatic nitrogens is 3. The van der Waals surface area contributed by atoms with Gasteiger partial charge in [0.2, 0.25) is 0 Å². The van der Waals surface area contributed by atoms with E-state index in [0.717, 1.165) is 17.0 Å². The SMILES string of the molecule is CN(C(=O)c1cc2c(cc1F)nc(N)c1cnn(C)c12)[C@H]1COc2cc(S(F)(F)(F)(F)F)ccc21. The summed E-state index contributed by atoms with van der Waals surface area (Å²) < 4.78 is 87.4. The van der Waals surface area contributed by atoms with Crippen LogP contribution in [0.2, 0.25) is 0 Å². The largest absolute Gasteiger partial charge is 0.491 e. The molecule has 0 fully saturated rings. The lowest BCUT2D eigenvalue weighted by molar-refractivity contribution is 0.0704. The van der Waals surface area contributed by atoms with Crippen LogP contribution in [0.1, 0.15) is 22.0 Å². The molecule has 0 saturated carbocycles. The lowest BCUT2D eigenvalue weighted by Gasteiger charge is -2.40. The number of carbonyl (C=O) groups is 1. The van der Waals surface area contributed by atoms with Crippen molar-refractivity contribution in [2.75, 3.05) is 19.4 Å². The molecule has 0 radical (unpaired) electrons. The Morgan fingerprint density at radius 2 is 1.89 bits per heavy atom. The predicted octanol–water partition coefficient (Wildman–Crippen LogP) is 5.71. The number of pyridine rings is 1. The van der Waals surface area contributed by atoms with E-state index >= 15 is 0 Å². The average Bonchev–Trinajstić information content (AvgIpc) is 3.35. The predicted molar refractivity (Wildman–Crippen MR) is 119 cm³/mol. The number of nitrogens with zero attached hydrogens (tertiary/aromatic N) is 4. The molecule has 2 aromatic carbocycles. The number of benzene rings is 2. The zero-order chi connectivity index (χ0) is 25.6. The molecule has 35 heavy (non-hydrogen) atoms. The molecule has 0 saturated heterocycles. The molecule has 0 spiro atoms. The summed E-state index contributed by atoms with van der Waals surface area (Å²) in [6.07, 6.45) is 1.49. The van der Waals surface area contributed by atoms with Gasteiger partial charge in [0.05, 0.1) is 34.2 Å². The van der Waals surface area contributed by atoms with Crippen molar-refractivity contribution in [2.24, 2.45) is 7.05 Å². The lowest BCUT2D eigenvalue weighted by atomic mass is 10.0. The van der Waals surface area contributed by atoms with Crippen molar-refractivity contribution < 1.29 is 33.4 Å². The molecule has 3 heterocycles. The van der Waals surface area contributed by atoms with Gasteiger partial charge < -0.3 is 15.4 Å². The van der Waals surface area contributed by atoms with Crippen molar-refractivity contribution in [3.63, 3.8) is 0 Å². The number of ether oxygens (including phenoxy) is 1. The van der Waals surface area contributed by atoms with Crippen molar-refractivity contribution >= 4 is 43.8 Å². The lowest BCUT2D eigenvalue weighted by Crippen LogP contribution is -2.32. The third-order valence-corrected chi connectivity index (χ3v) is 7.15. The highest BCUT2D eigenvalue weighted by Gasteiger charge is 2.65. The van der Waals surface area contributed by atoms with E-state index in [2.05, 4.69) is 10.1 Å². The van der Waals surface area contributed by atoms with Gasteiger partial charge in [0.1, 0.15) is 28.9 Å². The minimum atomic E-state index is -9.91. The van der Waals surface area contributed by atoms with Crippen LogP contribution in [0.5, 0.6) is 5.75 Å². The molecule has 1 aliphatic rings. The van der Waals surface area contributed by atoms with E-state index in [1.165, 1.54) is 24.0 Å². The van der Waals surface area contributed by atoms with Gasteiger partial charge in [-0.25, -0.2) is 9.37 Å². The number of amides is 1. The first-order valence-electron chi connectivity index (χ1n) is 10.0. The molecule has 7 nitrogen and oxygen atoms in total. The van der Waals surface area contributed by atoms with Crippen LogP contribution in [0, 0.1) is 5.82 Å². The topological polar surface area (TPSA) is 86.3 Å². The Bertz CT molecular complexity index is 1570. The first-order valence-corrected chi connectivity index (χ1v) is 12.0. The number of halogens is 6. The number of anilines is 1. The van der Waals surface area contributed by atoms with E-state index in [4.69, 9.17) is 10.5 Å². The molecular formula is C21H17F6N5O2S. The van der Waals surface area contributed by atoms with Crippen molar-refractivity contribution in [2.45, 2.75) is 10.9 Å². The summed E-state index contributed by atoms with van der Waals surface area (Å²) >= 11 is 0. The van der Waals surface area contributed by atoms with Crippen LogP contribution >= 0.6 is 10.2 Å². The molecule has 2 N–H and O–H groups in total. The molecular weight excluding hydrogens is 500 g/mol. The summed E-state index contributed by atoms with van der Waals surface area (Å²) in [7, 11) is -6.95. The molecule has 0 unspecified atom stereocenters. The fourth-order valence-corrected chi connectivity index (χ4v) is 4.86. The number of nitrogen functional groups attached to an aromatic ring is 1. The first kappa shape index (κ1) is 23.1. The standard InChI is InChI=1S/C21H17F6N5O2S/c1-31(17-9-34-18-5-10(3-4-11(17)18)35(23,24,25,26)27)21(33)12-6-13-16(7-15(12)22)30-20(28)14-8-29-32(2)19(13)14/h3-8,17H,9H2,1-2H3,(H2,28,30)/t17-/m0/s1. The number of nitrogens with two attached hydrogens (primary N) is 1. The van der Waals surface area contributed by atoms with Crippen LogP contribution < -0.4 is 10.5 Å². The van der Waals surface area contributed by atoms with Crippen molar-refractivity contribution in [1.82, 2.24) is 19.7 Å². The summed E-state index contributed by atoms with van der Waals surface area (Å²) in [5.41, 5.74) is 6.42. The molecule has 2 aromatic heterocycles. The van der Waals surface area contributed by atoms with Crippen molar-refractivity contribution in [3.8, 4) is 5.75 Å². The zero-order valence-corrected chi connectivity index (χ0v) is 18.9. The first-order chi connectivity index (χ1) is 16.0. The van der Waals surface area contributed by atoms with Crippen molar-refractivity contribution in [3.05, 3.63) is 53.5 Å². The molecule has 1 atom stereocenters. The van der Waals surface area contributed by atoms with E-state index in [0.29, 0.717) is 16.3 Å². The second kappa shape index (κ2) is 6.50. The molecule has 0 bridgehead atoms. The monoisotopic (exact) mass is 517 g/mol. The third-order valence-electron chi connectivity index (χ3n) is 6.00. The normalized spacial score (nSPS) is 17.7.